The van der Waals surface area contributed by atoms with Crippen LogP contribution in [0.4, 0.5) is 0 Å². The second-order valence-electron chi connectivity index (χ2n) is 3.66. The zero-order valence-electron chi connectivity index (χ0n) is 9.03. The van der Waals surface area contributed by atoms with Crippen molar-refractivity contribution < 1.29 is 14.7 Å². The van der Waals surface area contributed by atoms with E-state index in [1.165, 1.54) is 17.2 Å². The van der Waals surface area contributed by atoms with Crippen LogP contribution in [0.2, 0.25) is 5.02 Å². The molecule has 2 N–H and O–H groups in total. The molecule has 0 aliphatic heterocycles. The number of nitrogens with zero attached hydrogens (tertiary/aromatic N) is 1. The summed E-state index contributed by atoms with van der Waals surface area (Å²) in [6, 6.07) is 1.51. The lowest BCUT2D eigenvalue weighted by Gasteiger charge is -2.18. The molecule has 0 bridgehead atoms. The van der Waals surface area contributed by atoms with Crippen molar-refractivity contribution in [1.29, 1.82) is 0 Å². The molecule has 1 atom stereocenters. The summed E-state index contributed by atoms with van der Waals surface area (Å²) in [5.41, 5.74) is 0.352. The Morgan fingerprint density at radius 3 is 2.69 bits per heavy atom. The maximum Gasteiger partial charge on any atom is 0.308 e. The van der Waals surface area contributed by atoms with E-state index in [1.807, 2.05) is 0 Å². The summed E-state index contributed by atoms with van der Waals surface area (Å²) in [5.74, 6) is -1.80. The van der Waals surface area contributed by atoms with Crippen LogP contribution in [0, 0.1) is 5.92 Å². The third-order valence-electron chi connectivity index (χ3n) is 2.19. The molecular weight excluding hydrogens is 232 g/mol. The first kappa shape index (κ1) is 12.6. The molecule has 5 nitrogen and oxygen atoms in total. The van der Waals surface area contributed by atoms with Crippen molar-refractivity contribution in [2.24, 2.45) is 5.92 Å². The molecule has 0 saturated heterocycles. The summed E-state index contributed by atoms with van der Waals surface area (Å²) >= 11 is 5.67. The average molecular weight is 245 g/mol. The Hall–Kier alpha value is -1.49. The van der Waals surface area contributed by atoms with Crippen molar-refractivity contribution in [2.75, 3.05) is 13.6 Å². The lowest BCUT2D eigenvalue weighted by atomic mass is 10.2. The van der Waals surface area contributed by atoms with Crippen LogP contribution in [0.25, 0.3) is 0 Å². The zero-order valence-corrected chi connectivity index (χ0v) is 9.78. The van der Waals surface area contributed by atoms with E-state index in [0.29, 0.717) is 10.7 Å². The highest BCUT2D eigenvalue weighted by molar-refractivity contribution is 6.30. The third-order valence-corrected chi connectivity index (χ3v) is 2.41. The predicted octanol–water partition coefficient (Wildman–Crippen LogP) is 1.46. The summed E-state index contributed by atoms with van der Waals surface area (Å²) in [7, 11) is 1.55. The largest absolute Gasteiger partial charge is 0.481 e. The highest BCUT2D eigenvalue weighted by Gasteiger charge is 2.19. The molecular formula is C10H13ClN2O3. The number of hydrogen-bond donors (Lipinski definition) is 2. The van der Waals surface area contributed by atoms with Crippen molar-refractivity contribution in [1.82, 2.24) is 9.88 Å². The number of aromatic nitrogens is 1. The van der Waals surface area contributed by atoms with Gasteiger partial charge in [-0.1, -0.05) is 18.5 Å². The minimum absolute atomic E-state index is 0.158. The van der Waals surface area contributed by atoms with Gasteiger partial charge in [-0.3, -0.25) is 9.59 Å². The van der Waals surface area contributed by atoms with Crippen LogP contribution in [0.15, 0.2) is 12.3 Å². The molecule has 1 amide bonds. The van der Waals surface area contributed by atoms with Crippen molar-refractivity contribution >= 4 is 23.5 Å². The van der Waals surface area contributed by atoms with Gasteiger partial charge in [-0.25, -0.2) is 0 Å². The van der Waals surface area contributed by atoms with Gasteiger partial charge in [0.2, 0.25) is 0 Å². The van der Waals surface area contributed by atoms with Crippen LogP contribution in [-0.2, 0) is 4.79 Å². The molecule has 16 heavy (non-hydrogen) atoms. The van der Waals surface area contributed by atoms with Gasteiger partial charge < -0.3 is 15.0 Å². The summed E-state index contributed by atoms with van der Waals surface area (Å²) in [4.78, 5) is 26.5. The molecule has 1 heterocycles. The minimum Gasteiger partial charge on any atom is -0.481 e. The number of halogens is 1. The van der Waals surface area contributed by atoms with E-state index < -0.39 is 11.9 Å². The molecule has 0 saturated carbocycles. The Labute approximate surface area is 98.0 Å². The first-order valence-electron chi connectivity index (χ1n) is 4.74. The van der Waals surface area contributed by atoms with E-state index in [1.54, 1.807) is 14.0 Å². The topological polar surface area (TPSA) is 73.4 Å². The Morgan fingerprint density at radius 1 is 1.62 bits per heavy atom. The molecule has 0 spiro atoms. The first-order valence-corrected chi connectivity index (χ1v) is 5.11. The number of carboxylic acid groups (broad SMARTS) is 1. The van der Waals surface area contributed by atoms with Crippen molar-refractivity contribution in [2.45, 2.75) is 6.92 Å². The van der Waals surface area contributed by atoms with Crippen LogP contribution < -0.4 is 0 Å². The number of nitrogens with one attached hydrogen (secondary N) is 1. The van der Waals surface area contributed by atoms with E-state index in [4.69, 9.17) is 16.7 Å². The van der Waals surface area contributed by atoms with Crippen molar-refractivity contribution in [3.05, 3.63) is 23.0 Å². The molecule has 0 radical (unpaired) electrons. The van der Waals surface area contributed by atoms with E-state index >= 15 is 0 Å². The Morgan fingerprint density at radius 2 is 2.25 bits per heavy atom. The van der Waals surface area contributed by atoms with E-state index in [9.17, 15) is 9.59 Å². The first-order chi connectivity index (χ1) is 7.41. The van der Waals surface area contributed by atoms with Crippen LogP contribution in [0.3, 0.4) is 0 Å². The predicted molar refractivity (Wildman–Crippen MR) is 59.6 cm³/mol. The third kappa shape index (κ3) is 3.00. The Kier molecular flexibility index (Phi) is 3.95. The number of aliphatic carboxylic acids is 1. The number of aromatic amines is 1. The number of carboxylic acids is 1. The van der Waals surface area contributed by atoms with Crippen LogP contribution in [0.1, 0.15) is 17.4 Å². The van der Waals surface area contributed by atoms with E-state index in [-0.39, 0.29) is 12.5 Å². The lowest BCUT2D eigenvalue weighted by Crippen LogP contribution is -2.33. The molecule has 6 heteroatoms. The van der Waals surface area contributed by atoms with Crippen LogP contribution >= 0.6 is 11.6 Å². The van der Waals surface area contributed by atoms with Crippen molar-refractivity contribution in [3.8, 4) is 0 Å². The van der Waals surface area contributed by atoms with Gasteiger partial charge in [0.25, 0.3) is 5.91 Å². The highest BCUT2D eigenvalue weighted by Crippen LogP contribution is 2.11. The van der Waals surface area contributed by atoms with Gasteiger partial charge in [0.15, 0.2) is 0 Å². The fraction of sp³-hybridized carbons (Fsp3) is 0.400. The molecule has 88 valence electrons. The van der Waals surface area contributed by atoms with Gasteiger partial charge in [-0.15, -0.1) is 0 Å². The quantitative estimate of drug-likeness (QED) is 0.842. The van der Waals surface area contributed by atoms with Crippen LogP contribution in [-0.4, -0.2) is 40.5 Å². The number of carbonyl (C=O) groups is 2. The molecule has 0 aliphatic carbocycles. The fourth-order valence-electron chi connectivity index (χ4n) is 1.27. The maximum absolute atomic E-state index is 11.8. The van der Waals surface area contributed by atoms with E-state index in [2.05, 4.69) is 4.98 Å². The number of amides is 1. The second kappa shape index (κ2) is 5.03. The SMILES string of the molecule is CC(CN(C)C(=O)c1cc(Cl)c[nH]1)C(=O)O. The van der Waals surface area contributed by atoms with Gasteiger partial charge in [-0.2, -0.15) is 0 Å². The molecule has 1 rings (SSSR count). The molecule has 1 unspecified atom stereocenters. The molecule has 1 aromatic heterocycles. The number of rotatable bonds is 4. The Bertz CT molecular complexity index is 403. The molecule has 0 aromatic carbocycles. The van der Waals surface area contributed by atoms with Gasteiger partial charge in [0, 0.05) is 19.8 Å². The fourth-order valence-corrected chi connectivity index (χ4v) is 1.43. The highest BCUT2D eigenvalue weighted by atomic mass is 35.5. The zero-order chi connectivity index (χ0) is 12.3. The standard InChI is InChI=1S/C10H13ClN2O3/c1-6(10(15)16)5-13(2)9(14)8-3-7(11)4-12-8/h3-4,6,12H,5H2,1-2H3,(H,15,16). The number of H-pyrrole nitrogens is 1. The average Bonchev–Trinajstić information content (AvgIpc) is 2.63. The Balaban J connectivity index is 2.64. The van der Waals surface area contributed by atoms with Gasteiger partial charge in [0.1, 0.15) is 5.69 Å². The summed E-state index contributed by atoms with van der Waals surface area (Å²) < 4.78 is 0. The van der Waals surface area contributed by atoms with Gasteiger partial charge in [0.05, 0.1) is 10.9 Å². The lowest BCUT2D eigenvalue weighted by molar-refractivity contribution is -0.141. The number of carbonyl (C=O) groups excluding carboxylic acids is 1. The molecule has 1 aromatic rings. The second-order valence-corrected chi connectivity index (χ2v) is 4.09. The number of hydrogen-bond acceptors (Lipinski definition) is 2. The van der Waals surface area contributed by atoms with E-state index in [0.717, 1.165) is 0 Å². The summed E-state index contributed by atoms with van der Waals surface area (Å²) in [6.07, 6.45) is 1.50. The van der Waals surface area contributed by atoms with Gasteiger partial charge >= 0.3 is 5.97 Å². The molecule has 0 aliphatic rings. The van der Waals surface area contributed by atoms with Crippen LogP contribution in [0.5, 0.6) is 0 Å². The monoisotopic (exact) mass is 244 g/mol. The summed E-state index contributed by atoms with van der Waals surface area (Å²) in [6.45, 7) is 1.71. The normalized spacial score (nSPS) is 12.2. The minimum atomic E-state index is -0.927. The maximum atomic E-state index is 11.8. The smallest absolute Gasteiger partial charge is 0.308 e. The van der Waals surface area contributed by atoms with Crippen molar-refractivity contribution in [3.63, 3.8) is 0 Å². The van der Waals surface area contributed by atoms with Gasteiger partial charge in [-0.05, 0) is 6.07 Å². The summed E-state index contributed by atoms with van der Waals surface area (Å²) in [5, 5.41) is 9.17. The molecule has 0 fully saturated rings.